The number of nitrogens with one attached hydrogen (secondary N) is 2. The number of carbonyl (C=O) groups is 1. The zero-order valence-electron chi connectivity index (χ0n) is 9.88. The second-order valence-electron chi connectivity index (χ2n) is 3.56. The van der Waals surface area contributed by atoms with Crippen molar-refractivity contribution in [3.8, 4) is 0 Å². The van der Waals surface area contributed by atoms with Crippen LogP contribution in [0.1, 0.15) is 23.7 Å². The molecule has 0 unspecified atom stereocenters. The largest absolute Gasteiger partial charge is 0.370 e. The Balaban J connectivity index is 1.98. The van der Waals surface area contributed by atoms with E-state index in [4.69, 9.17) is 0 Å². The number of hydrogen-bond donors (Lipinski definition) is 2. The molecule has 0 aliphatic rings. The average molecular weight is 263 g/mol. The number of pyridine rings is 1. The molecule has 2 aromatic heterocycles. The summed E-state index contributed by atoms with van der Waals surface area (Å²) in [4.78, 5) is 16.0. The van der Waals surface area contributed by atoms with Crippen LogP contribution in [0.3, 0.4) is 0 Å². The predicted octanol–water partition coefficient (Wildman–Crippen LogP) is 2.01. The lowest BCUT2D eigenvalue weighted by molar-refractivity contribution is 0.102. The molecule has 1 amide bonds. The van der Waals surface area contributed by atoms with Gasteiger partial charge in [0.15, 0.2) is 0 Å². The summed E-state index contributed by atoms with van der Waals surface area (Å²) in [5, 5.41) is 13.7. The van der Waals surface area contributed by atoms with Crippen molar-refractivity contribution in [2.75, 3.05) is 17.2 Å². The van der Waals surface area contributed by atoms with Gasteiger partial charge < -0.3 is 5.32 Å². The molecule has 0 fully saturated rings. The third kappa shape index (κ3) is 3.24. The third-order valence-corrected chi connectivity index (χ3v) is 2.77. The van der Waals surface area contributed by atoms with Gasteiger partial charge in [-0.3, -0.25) is 10.1 Å². The van der Waals surface area contributed by atoms with Crippen molar-refractivity contribution in [1.29, 1.82) is 0 Å². The fraction of sp³-hybridized carbons (Fsp3) is 0.273. The molecule has 7 heteroatoms. The van der Waals surface area contributed by atoms with E-state index in [2.05, 4.69) is 32.7 Å². The predicted molar refractivity (Wildman–Crippen MR) is 70.9 cm³/mol. The van der Waals surface area contributed by atoms with Crippen LogP contribution in [0.5, 0.6) is 0 Å². The molecule has 0 spiro atoms. The lowest BCUT2D eigenvalue weighted by Gasteiger charge is -2.04. The van der Waals surface area contributed by atoms with Gasteiger partial charge in [-0.2, -0.15) is 0 Å². The summed E-state index contributed by atoms with van der Waals surface area (Å²) in [6.45, 7) is 2.94. The van der Waals surface area contributed by atoms with E-state index in [0.29, 0.717) is 10.7 Å². The van der Waals surface area contributed by atoms with Crippen LogP contribution in [0.15, 0.2) is 23.8 Å². The molecule has 0 aliphatic heterocycles. The highest BCUT2D eigenvalue weighted by Crippen LogP contribution is 2.11. The van der Waals surface area contributed by atoms with Gasteiger partial charge >= 0.3 is 0 Å². The molecule has 0 bridgehead atoms. The molecule has 18 heavy (non-hydrogen) atoms. The summed E-state index contributed by atoms with van der Waals surface area (Å²) in [5.74, 6) is 0.533. The van der Waals surface area contributed by atoms with Crippen LogP contribution in [0, 0.1) is 0 Å². The van der Waals surface area contributed by atoms with Crippen molar-refractivity contribution in [1.82, 2.24) is 15.2 Å². The first-order valence-electron chi connectivity index (χ1n) is 5.57. The zero-order chi connectivity index (χ0) is 12.8. The lowest BCUT2D eigenvalue weighted by atomic mass is 10.2. The number of aromatic nitrogens is 3. The maximum Gasteiger partial charge on any atom is 0.259 e. The van der Waals surface area contributed by atoms with Crippen molar-refractivity contribution in [3.63, 3.8) is 0 Å². The molecule has 2 N–H and O–H groups in total. The van der Waals surface area contributed by atoms with Crippen molar-refractivity contribution in [3.05, 3.63) is 29.4 Å². The topological polar surface area (TPSA) is 79.8 Å². The highest BCUT2D eigenvalue weighted by atomic mass is 32.1. The molecule has 2 heterocycles. The summed E-state index contributed by atoms with van der Waals surface area (Å²) in [6.07, 6.45) is 2.56. The first-order chi connectivity index (χ1) is 8.79. The molecule has 6 nitrogen and oxygen atoms in total. The molecule has 0 aliphatic carbocycles. The Bertz CT molecular complexity index is 497. The molecule has 0 radical (unpaired) electrons. The number of anilines is 2. The molecule has 0 atom stereocenters. The van der Waals surface area contributed by atoms with Crippen molar-refractivity contribution >= 4 is 28.2 Å². The third-order valence-electron chi connectivity index (χ3n) is 2.16. The fourth-order valence-electron chi connectivity index (χ4n) is 1.28. The zero-order valence-corrected chi connectivity index (χ0v) is 10.7. The molecule has 2 rings (SSSR count). The smallest absolute Gasteiger partial charge is 0.259 e. The number of nitrogens with zero attached hydrogens (tertiary/aromatic N) is 3. The van der Waals surface area contributed by atoms with Crippen LogP contribution in [0.4, 0.5) is 10.9 Å². The lowest BCUT2D eigenvalue weighted by Crippen LogP contribution is -2.12. The number of rotatable bonds is 5. The summed E-state index contributed by atoms with van der Waals surface area (Å²) in [6, 6.07) is 3.51. The van der Waals surface area contributed by atoms with Crippen molar-refractivity contribution in [2.45, 2.75) is 13.3 Å². The Morgan fingerprint density at radius 2 is 2.33 bits per heavy atom. The Hall–Kier alpha value is -2.02. The second kappa shape index (κ2) is 6.06. The van der Waals surface area contributed by atoms with Crippen molar-refractivity contribution < 1.29 is 4.79 Å². The molecular weight excluding hydrogens is 250 g/mol. The quantitative estimate of drug-likeness (QED) is 0.862. The minimum Gasteiger partial charge on any atom is -0.370 e. The van der Waals surface area contributed by atoms with Crippen molar-refractivity contribution in [2.24, 2.45) is 0 Å². The molecule has 94 valence electrons. The minimum absolute atomic E-state index is 0.235. The fourth-order valence-corrected chi connectivity index (χ4v) is 1.72. The monoisotopic (exact) mass is 263 g/mol. The maximum atomic E-state index is 11.8. The Labute approximate surface area is 108 Å². The van der Waals surface area contributed by atoms with E-state index in [9.17, 15) is 4.79 Å². The van der Waals surface area contributed by atoms with E-state index < -0.39 is 0 Å². The van der Waals surface area contributed by atoms with Crippen LogP contribution in [-0.4, -0.2) is 27.6 Å². The van der Waals surface area contributed by atoms with Crippen LogP contribution >= 0.6 is 11.3 Å². The first-order valence-corrected chi connectivity index (χ1v) is 6.45. The van der Waals surface area contributed by atoms with Gasteiger partial charge in [0.2, 0.25) is 5.13 Å². The number of hydrogen-bond acceptors (Lipinski definition) is 6. The normalized spacial score (nSPS) is 10.1. The summed E-state index contributed by atoms with van der Waals surface area (Å²) in [5.41, 5.74) is 2.05. The van der Waals surface area contributed by atoms with Gasteiger partial charge in [-0.25, -0.2) is 4.98 Å². The first kappa shape index (κ1) is 12.4. The molecule has 0 saturated heterocycles. The van der Waals surface area contributed by atoms with Crippen LogP contribution in [0.2, 0.25) is 0 Å². The Morgan fingerprint density at radius 1 is 1.44 bits per heavy atom. The van der Waals surface area contributed by atoms with Gasteiger partial charge in [0.05, 0.1) is 5.56 Å². The molecule has 2 aromatic rings. The van der Waals surface area contributed by atoms with Gasteiger partial charge in [-0.1, -0.05) is 18.3 Å². The summed E-state index contributed by atoms with van der Waals surface area (Å²) in [7, 11) is 0. The minimum atomic E-state index is -0.235. The number of amides is 1. The highest BCUT2D eigenvalue weighted by Gasteiger charge is 2.08. The molecule has 0 saturated carbocycles. The van der Waals surface area contributed by atoms with Crippen LogP contribution in [0.25, 0.3) is 0 Å². The van der Waals surface area contributed by atoms with Gasteiger partial charge in [-0.05, 0) is 18.6 Å². The molecular formula is C11H13N5OS. The SMILES string of the molecule is CCCNc1ccc(C(=O)Nc2nncs2)cn1. The van der Waals surface area contributed by atoms with E-state index in [1.165, 1.54) is 17.5 Å². The van der Waals surface area contributed by atoms with E-state index >= 15 is 0 Å². The highest BCUT2D eigenvalue weighted by molar-refractivity contribution is 7.13. The Kier molecular flexibility index (Phi) is 4.19. The second-order valence-corrected chi connectivity index (χ2v) is 4.39. The van der Waals surface area contributed by atoms with E-state index in [1.807, 2.05) is 0 Å². The van der Waals surface area contributed by atoms with Crippen LogP contribution in [-0.2, 0) is 0 Å². The number of carbonyl (C=O) groups excluding carboxylic acids is 1. The molecule has 0 aromatic carbocycles. The van der Waals surface area contributed by atoms with Gasteiger partial charge in [0.25, 0.3) is 5.91 Å². The van der Waals surface area contributed by atoms with Gasteiger partial charge in [-0.15, -0.1) is 10.2 Å². The summed E-state index contributed by atoms with van der Waals surface area (Å²) < 4.78 is 0. The van der Waals surface area contributed by atoms with E-state index in [0.717, 1.165) is 18.8 Å². The summed E-state index contributed by atoms with van der Waals surface area (Å²) >= 11 is 1.27. The van der Waals surface area contributed by atoms with Gasteiger partial charge in [0, 0.05) is 12.7 Å². The van der Waals surface area contributed by atoms with Crippen LogP contribution < -0.4 is 10.6 Å². The van der Waals surface area contributed by atoms with Gasteiger partial charge in [0.1, 0.15) is 11.3 Å². The van der Waals surface area contributed by atoms with E-state index in [1.54, 1.807) is 17.6 Å². The average Bonchev–Trinajstić information content (AvgIpc) is 2.89. The Morgan fingerprint density at radius 3 is 2.94 bits per heavy atom. The standard InChI is InChI=1S/C11H13N5OS/c1-2-5-12-9-4-3-8(6-13-9)10(17)15-11-16-14-7-18-11/h3-4,6-7H,2,5H2,1H3,(H,12,13)(H,15,16,17). The maximum absolute atomic E-state index is 11.8. The van der Waals surface area contributed by atoms with E-state index in [-0.39, 0.29) is 5.91 Å².